The van der Waals surface area contributed by atoms with E-state index in [4.69, 9.17) is 22.1 Å². The van der Waals surface area contributed by atoms with E-state index in [0.29, 0.717) is 17.2 Å². The van der Waals surface area contributed by atoms with Crippen LogP contribution in [0.1, 0.15) is 29.3 Å². The average molecular weight is 290 g/mol. The summed E-state index contributed by atoms with van der Waals surface area (Å²) in [5, 5.41) is 0.295. The van der Waals surface area contributed by atoms with Crippen LogP contribution in [0.2, 0.25) is 5.02 Å². The van der Waals surface area contributed by atoms with Crippen molar-refractivity contribution in [1.82, 2.24) is 0 Å². The van der Waals surface area contributed by atoms with Gasteiger partial charge in [-0.25, -0.2) is 4.79 Å². The normalized spacial score (nSPS) is 12.2. The second kappa shape index (κ2) is 6.75. The van der Waals surface area contributed by atoms with Crippen LogP contribution in [0, 0.1) is 0 Å². The molecule has 0 aliphatic carbocycles. The summed E-state index contributed by atoms with van der Waals surface area (Å²) in [5.74, 6) is -0.268. The van der Waals surface area contributed by atoms with Crippen LogP contribution in [0.5, 0.6) is 0 Å². The van der Waals surface area contributed by atoms with Gasteiger partial charge in [-0.15, -0.1) is 0 Å². The lowest BCUT2D eigenvalue weighted by Gasteiger charge is -2.12. The topological polar surface area (TPSA) is 69.4 Å². The fourth-order valence-electron chi connectivity index (χ4n) is 1.49. The van der Waals surface area contributed by atoms with E-state index in [-0.39, 0.29) is 17.0 Å². The number of ether oxygens (including phenoxy) is 1. The van der Waals surface area contributed by atoms with Crippen molar-refractivity contribution in [3.63, 3.8) is 0 Å². The van der Waals surface area contributed by atoms with Gasteiger partial charge in [0.2, 0.25) is 0 Å². The zero-order valence-corrected chi connectivity index (χ0v) is 11.9. The van der Waals surface area contributed by atoms with Crippen LogP contribution in [-0.4, -0.2) is 23.0 Å². The fraction of sp³-hybridized carbons (Fsp3) is 0.417. The van der Waals surface area contributed by atoms with Crippen molar-refractivity contribution >= 4 is 34.1 Å². The number of benzene rings is 1. The predicted molar refractivity (Wildman–Crippen MR) is 74.2 cm³/mol. The van der Waals surface area contributed by atoms with Gasteiger partial charge >= 0.3 is 5.97 Å². The van der Waals surface area contributed by atoms with Gasteiger partial charge in [0.05, 0.1) is 22.9 Å². The van der Waals surface area contributed by atoms with Gasteiger partial charge in [-0.05, 0) is 18.1 Å². The predicted octanol–water partition coefficient (Wildman–Crippen LogP) is 2.37. The molecule has 0 fully saturated rings. The molecule has 0 radical (unpaired) electrons. The number of hydrogen-bond donors (Lipinski definition) is 1. The molecule has 0 aromatic heterocycles. The number of anilines is 1. The first-order valence-electron chi connectivity index (χ1n) is 5.51. The SMILES string of the molecule is CCCOC(=O)c1c(CS(C)=O)ccc(Cl)c1N. The highest BCUT2D eigenvalue weighted by molar-refractivity contribution is 7.83. The Morgan fingerprint density at radius 3 is 2.72 bits per heavy atom. The lowest BCUT2D eigenvalue weighted by atomic mass is 10.1. The molecule has 0 aliphatic heterocycles. The van der Waals surface area contributed by atoms with Crippen molar-refractivity contribution in [3.05, 3.63) is 28.3 Å². The van der Waals surface area contributed by atoms with Crippen LogP contribution in [0.4, 0.5) is 5.69 Å². The van der Waals surface area contributed by atoms with Crippen molar-refractivity contribution < 1.29 is 13.7 Å². The second-order valence-corrected chi connectivity index (χ2v) is 5.69. The monoisotopic (exact) mass is 289 g/mol. The third kappa shape index (κ3) is 3.71. The zero-order chi connectivity index (χ0) is 13.7. The van der Waals surface area contributed by atoms with Crippen molar-refractivity contribution in [2.45, 2.75) is 19.1 Å². The number of nitrogen functional groups attached to an aromatic ring is 1. The molecule has 6 heteroatoms. The van der Waals surface area contributed by atoms with Gasteiger partial charge in [-0.3, -0.25) is 4.21 Å². The standard InChI is InChI=1S/C12H16ClNO3S/c1-3-6-17-12(15)10-8(7-18(2)16)4-5-9(13)11(10)14/h4-5H,3,6-7,14H2,1-2H3. The molecule has 1 unspecified atom stereocenters. The molecule has 1 aromatic rings. The maximum absolute atomic E-state index is 11.9. The molecule has 1 atom stereocenters. The molecule has 0 amide bonds. The van der Waals surface area contributed by atoms with Gasteiger partial charge in [0.25, 0.3) is 0 Å². The minimum Gasteiger partial charge on any atom is -0.462 e. The molecular formula is C12H16ClNO3S. The summed E-state index contributed by atoms with van der Waals surface area (Å²) in [5.41, 5.74) is 6.81. The smallest absolute Gasteiger partial charge is 0.340 e. The van der Waals surface area contributed by atoms with E-state index in [9.17, 15) is 9.00 Å². The first-order valence-corrected chi connectivity index (χ1v) is 7.61. The van der Waals surface area contributed by atoms with Crippen LogP contribution in [0.15, 0.2) is 12.1 Å². The van der Waals surface area contributed by atoms with Crippen molar-refractivity contribution in [2.24, 2.45) is 0 Å². The van der Waals surface area contributed by atoms with E-state index in [0.717, 1.165) is 6.42 Å². The van der Waals surface area contributed by atoms with Gasteiger partial charge in [-0.1, -0.05) is 24.6 Å². The van der Waals surface area contributed by atoms with Crippen LogP contribution in [-0.2, 0) is 21.3 Å². The van der Waals surface area contributed by atoms with E-state index in [1.54, 1.807) is 18.4 Å². The maximum Gasteiger partial charge on any atom is 0.340 e. The number of esters is 1. The van der Waals surface area contributed by atoms with Crippen molar-refractivity contribution in [1.29, 1.82) is 0 Å². The van der Waals surface area contributed by atoms with Gasteiger partial charge < -0.3 is 10.5 Å². The molecule has 4 nitrogen and oxygen atoms in total. The van der Waals surface area contributed by atoms with Crippen molar-refractivity contribution in [3.8, 4) is 0 Å². The third-order valence-corrected chi connectivity index (χ3v) is 3.33. The Labute approximate surface area is 114 Å². The Balaban J connectivity index is 3.15. The lowest BCUT2D eigenvalue weighted by Crippen LogP contribution is -2.13. The van der Waals surface area contributed by atoms with E-state index in [1.807, 2.05) is 6.92 Å². The van der Waals surface area contributed by atoms with Gasteiger partial charge in [0.1, 0.15) is 0 Å². The number of nitrogens with two attached hydrogens (primary N) is 1. The highest BCUT2D eigenvalue weighted by Crippen LogP contribution is 2.27. The number of carbonyl (C=O) groups is 1. The lowest BCUT2D eigenvalue weighted by molar-refractivity contribution is 0.0505. The molecule has 18 heavy (non-hydrogen) atoms. The van der Waals surface area contributed by atoms with E-state index in [2.05, 4.69) is 0 Å². The molecular weight excluding hydrogens is 274 g/mol. The average Bonchev–Trinajstić information content (AvgIpc) is 2.30. The number of rotatable bonds is 5. The quantitative estimate of drug-likeness (QED) is 0.667. The van der Waals surface area contributed by atoms with Crippen LogP contribution in [0.3, 0.4) is 0 Å². The molecule has 0 heterocycles. The van der Waals surface area contributed by atoms with Gasteiger partial charge in [-0.2, -0.15) is 0 Å². The molecule has 0 saturated heterocycles. The zero-order valence-electron chi connectivity index (χ0n) is 10.4. The molecule has 2 N–H and O–H groups in total. The Bertz CT molecular complexity index is 477. The summed E-state index contributed by atoms with van der Waals surface area (Å²) in [7, 11) is -1.07. The molecule has 0 spiro atoms. The van der Waals surface area contributed by atoms with Gasteiger partial charge in [0, 0.05) is 22.8 Å². The number of halogens is 1. The summed E-state index contributed by atoms with van der Waals surface area (Å²) in [6.45, 7) is 2.22. The minimum absolute atomic E-state index is 0.181. The second-order valence-electron chi connectivity index (χ2n) is 3.85. The highest BCUT2D eigenvalue weighted by atomic mass is 35.5. The molecule has 1 aromatic carbocycles. The summed E-state index contributed by atoms with van der Waals surface area (Å²) in [6.07, 6.45) is 2.28. The Morgan fingerprint density at radius 1 is 1.50 bits per heavy atom. The van der Waals surface area contributed by atoms with E-state index in [1.165, 1.54) is 0 Å². The first kappa shape index (κ1) is 15.0. The van der Waals surface area contributed by atoms with Crippen LogP contribution in [0.25, 0.3) is 0 Å². The maximum atomic E-state index is 11.9. The third-order valence-electron chi connectivity index (χ3n) is 2.28. The highest BCUT2D eigenvalue weighted by Gasteiger charge is 2.19. The Morgan fingerprint density at radius 2 is 2.17 bits per heavy atom. The molecule has 0 aliphatic rings. The minimum atomic E-state index is -1.07. The number of carbonyl (C=O) groups excluding carboxylic acids is 1. The number of hydrogen-bond acceptors (Lipinski definition) is 4. The largest absolute Gasteiger partial charge is 0.462 e. The van der Waals surface area contributed by atoms with E-state index < -0.39 is 16.8 Å². The first-order chi connectivity index (χ1) is 8.47. The van der Waals surface area contributed by atoms with E-state index >= 15 is 0 Å². The summed E-state index contributed by atoms with van der Waals surface area (Å²) >= 11 is 5.89. The van der Waals surface area contributed by atoms with Crippen LogP contribution >= 0.6 is 11.6 Å². The van der Waals surface area contributed by atoms with Crippen molar-refractivity contribution in [2.75, 3.05) is 18.6 Å². The Hall–Kier alpha value is -1.07. The molecule has 0 saturated carbocycles. The molecule has 100 valence electrons. The summed E-state index contributed by atoms with van der Waals surface area (Å²) in [4.78, 5) is 11.9. The fourth-order valence-corrected chi connectivity index (χ4v) is 2.32. The molecule has 0 bridgehead atoms. The van der Waals surface area contributed by atoms with Gasteiger partial charge in [0.15, 0.2) is 0 Å². The van der Waals surface area contributed by atoms with Crippen LogP contribution < -0.4 is 5.73 Å². The Kier molecular flexibility index (Phi) is 5.62. The summed E-state index contributed by atoms with van der Waals surface area (Å²) < 4.78 is 16.3. The molecule has 1 rings (SSSR count). The summed E-state index contributed by atoms with van der Waals surface area (Å²) in [6, 6.07) is 3.25.